The largest absolute Gasteiger partial charge is 0.398 e. The summed E-state index contributed by atoms with van der Waals surface area (Å²) in [7, 11) is 0. The molecular formula is C14H9F3N4. The van der Waals surface area contributed by atoms with E-state index in [2.05, 4.69) is 9.97 Å². The highest BCUT2D eigenvalue weighted by molar-refractivity contribution is 5.73. The summed E-state index contributed by atoms with van der Waals surface area (Å²) >= 11 is 0. The van der Waals surface area contributed by atoms with Crippen LogP contribution in [0.5, 0.6) is 0 Å². The molecule has 0 amide bonds. The summed E-state index contributed by atoms with van der Waals surface area (Å²) in [6, 6.07) is 2.83. The van der Waals surface area contributed by atoms with Crippen molar-refractivity contribution in [2.75, 3.05) is 5.73 Å². The Hall–Kier alpha value is -2.83. The minimum absolute atomic E-state index is 0.162. The van der Waals surface area contributed by atoms with Crippen LogP contribution in [0, 0.1) is 17.5 Å². The molecule has 0 saturated heterocycles. The van der Waals surface area contributed by atoms with E-state index in [-0.39, 0.29) is 5.69 Å². The highest BCUT2D eigenvalue weighted by Crippen LogP contribution is 2.28. The second kappa shape index (κ2) is 4.93. The van der Waals surface area contributed by atoms with E-state index in [1.807, 2.05) is 0 Å². The third kappa shape index (κ3) is 2.22. The zero-order chi connectivity index (χ0) is 15.0. The topological polar surface area (TPSA) is 56.7 Å². The normalized spacial score (nSPS) is 10.8. The van der Waals surface area contributed by atoms with Crippen LogP contribution in [0.25, 0.3) is 16.9 Å². The number of hydrogen-bond donors (Lipinski definition) is 1. The molecule has 0 fully saturated rings. The third-order valence-corrected chi connectivity index (χ3v) is 3.02. The first-order chi connectivity index (χ1) is 10.1. The Bertz CT molecular complexity index is 814. The van der Waals surface area contributed by atoms with Gasteiger partial charge in [0.05, 0.1) is 23.9 Å². The number of anilines is 1. The van der Waals surface area contributed by atoms with Crippen LogP contribution in [-0.2, 0) is 0 Å². The van der Waals surface area contributed by atoms with Gasteiger partial charge in [0.1, 0.15) is 5.82 Å². The molecule has 3 aromatic rings. The summed E-state index contributed by atoms with van der Waals surface area (Å²) in [5.74, 6) is -3.31. The molecule has 0 atom stereocenters. The lowest BCUT2D eigenvalue weighted by molar-refractivity contribution is 0.493. The zero-order valence-corrected chi connectivity index (χ0v) is 10.6. The van der Waals surface area contributed by atoms with Crippen LogP contribution in [0.2, 0.25) is 0 Å². The number of nitrogens with zero attached hydrogens (tertiary/aromatic N) is 3. The molecule has 4 nitrogen and oxygen atoms in total. The molecule has 0 radical (unpaired) electrons. The average Bonchev–Trinajstić information content (AvgIpc) is 2.92. The van der Waals surface area contributed by atoms with E-state index in [9.17, 15) is 13.2 Å². The minimum atomic E-state index is -1.25. The first-order valence-electron chi connectivity index (χ1n) is 5.95. The Kier molecular flexibility index (Phi) is 3.09. The van der Waals surface area contributed by atoms with Gasteiger partial charge in [-0.3, -0.25) is 9.55 Å². The SMILES string of the molecule is Nc1ccncc1-c1cncn1-c1cc(F)c(F)cc1F. The van der Waals surface area contributed by atoms with E-state index in [4.69, 9.17) is 5.73 Å². The van der Waals surface area contributed by atoms with Crippen LogP contribution in [-0.4, -0.2) is 14.5 Å². The molecule has 0 aliphatic carbocycles. The molecule has 2 aromatic heterocycles. The summed E-state index contributed by atoms with van der Waals surface area (Å²) in [6.07, 6.45) is 5.73. The van der Waals surface area contributed by atoms with Crippen LogP contribution in [0.4, 0.5) is 18.9 Å². The van der Waals surface area contributed by atoms with E-state index < -0.39 is 17.5 Å². The maximum Gasteiger partial charge on any atom is 0.161 e. The standard InChI is InChI=1S/C14H9F3N4/c15-9-3-11(17)13(4-10(9)16)21-7-20-6-14(21)8-5-19-2-1-12(8)18/h1-7H,(H2,18,19). The van der Waals surface area contributed by atoms with Gasteiger partial charge in [0.2, 0.25) is 0 Å². The molecule has 106 valence electrons. The van der Waals surface area contributed by atoms with Gasteiger partial charge in [-0.2, -0.15) is 0 Å². The highest BCUT2D eigenvalue weighted by Gasteiger charge is 2.16. The van der Waals surface area contributed by atoms with Gasteiger partial charge in [-0.1, -0.05) is 0 Å². The van der Waals surface area contributed by atoms with Crippen LogP contribution >= 0.6 is 0 Å². The number of nitrogen functional groups attached to an aromatic ring is 1. The Labute approximate surface area is 117 Å². The Morgan fingerprint density at radius 2 is 1.71 bits per heavy atom. The molecule has 3 rings (SSSR count). The molecule has 0 spiro atoms. The fourth-order valence-corrected chi connectivity index (χ4v) is 2.00. The lowest BCUT2D eigenvalue weighted by Crippen LogP contribution is -2.02. The molecule has 0 aliphatic rings. The number of hydrogen-bond acceptors (Lipinski definition) is 3. The molecular weight excluding hydrogens is 281 g/mol. The second-order valence-corrected chi connectivity index (χ2v) is 4.33. The van der Waals surface area contributed by atoms with Crippen molar-refractivity contribution in [2.24, 2.45) is 0 Å². The molecule has 21 heavy (non-hydrogen) atoms. The van der Waals surface area contributed by atoms with E-state index in [1.165, 1.54) is 29.5 Å². The van der Waals surface area contributed by atoms with Gasteiger partial charge >= 0.3 is 0 Å². The van der Waals surface area contributed by atoms with Crippen LogP contribution in [0.15, 0.2) is 43.1 Å². The van der Waals surface area contributed by atoms with Gasteiger partial charge in [0.25, 0.3) is 0 Å². The molecule has 2 N–H and O–H groups in total. The lowest BCUT2D eigenvalue weighted by atomic mass is 10.1. The molecule has 7 heteroatoms. The molecule has 2 heterocycles. The molecule has 0 bridgehead atoms. The van der Waals surface area contributed by atoms with E-state index >= 15 is 0 Å². The first kappa shape index (κ1) is 13.2. The number of halogens is 3. The number of nitrogens with two attached hydrogens (primary N) is 1. The van der Waals surface area contributed by atoms with Crippen molar-refractivity contribution in [3.63, 3.8) is 0 Å². The average molecular weight is 290 g/mol. The fourth-order valence-electron chi connectivity index (χ4n) is 2.00. The van der Waals surface area contributed by atoms with Crippen LogP contribution in [0.1, 0.15) is 0 Å². The molecule has 0 saturated carbocycles. The van der Waals surface area contributed by atoms with Gasteiger partial charge < -0.3 is 5.73 Å². The summed E-state index contributed by atoms with van der Waals surface area (Å²) < 4.78 is 41.5. The Morgan fingerprint density at radius 1 is 0.952 bits per heavy atom. The smallest absolute Gasteiger partial charge is 0.161 e. The number of benzene rings is 1. The predicted molar refractivity (Wildman–Crippen MR) is 71.1 cm³/mol. The van der Waals surface area contributed by atoms with Crippen molar-refractivity contribution >= 4 is 5.69 Å². The lowest BCUT2D eigenvalue weighted by Gasteiger charge is -2.11. The van der Waals surface area contributed by atoms with Crippen molar-refractivity contribution in [1.29, 1.82) is 0 Å². The maximum atomic E-state index is 13.9. The van der Waals surface area contributed by atoms with Crippen molar-refractivity contribution in [3.05, 3.63) is 60.6 Å². The molecule has 0 aliphatic heterocycles. The zero-order valence-electron chi connectivity index (χ0n) is 10.6. The van der Waals surface area contributed by atoms with Gasteiger partial charge in [0.15, 0.2) is 11.6 Å². The number of rotatable bonds is 2. The minimum Gasteiger partial charge on any atom is -0.398 e. The van der Waals surface area contributed by atoms with Crippen LogP contribution in [0.3, 0.4) is 0 Å². The highest BCUT2D eigenvalue weighted by atomic mass is 19.2. The predicted octanol–water partition coefficient (Wildman–Crippen LogP) is 2.93. The summed E-state index contributed by atoms with van der Waals surface area (Å²) in [5, 5.41) is 0. The second-order valence-electron chi connectivity index (χ2n) is 4.33. The number of aromatic nitrogens is 3. The third-order valence-electron chi connectivity index (χ3n) is 3.02. The quantitative estimate of drug-likeness (QED) is 0.738. The van der Waals surface area contributed by atoms with Gasteiger partial charge in [-0.15, -0.1) is 0 Å². The molecule has 1 aromatic carbocycles. The Morgan fingerprint density at radius 3 is 2.48 bits per heavy atom. The number of imidazole rings is 1. The van der Waals surface area contributed by atoms with Crippen molar-refractivity contribution in [2.45, 2.75) is 0 Å². The summed E-state index contributed by atoms with van der Waals surface area (Å²) in [4.78, 5) is 7.85. The van der Waals surface area contributed by atoms with Crippen molar-refractivity contribution in [3.8, 4) is 16.9 Å². The number of pyridine rings is 1. The van der Waals surface area contributed by atoms with Gasteiger partial charge in [-0.05, 0) is 6.07 Å². The van der Waals surface area contributed by atoms with Crippen molar-refractivity contribution in [1.82, 2.24) is 14.5 Å². The van der Waals surface area contributed by atoms with E-state index in [1.54, 1.807) is 6.07 Å². The molecule has 0 unspecified atom stereocenters. The fraction of sp³-hybridized carbons (Fsp3) is 0. The van der Waals surface area contributed by atoms with E-state index in [0.717, 1.165) is 6.07 Å². The van der Waals surface area contributed by atoms with Gasteiger partial charge in [-0.25, -0.2) is 18.2 Å². The summed E-state index contributed by atoms with van der Waals surface area (Å²) in [6.45, 7) is 0. The first-order valence-corrected chi connectivity index (χ1v) is 5.95. The Balaban J connectivity index is 2.21. The van der Waals surface area contributed by atoms with Gasteiger partial charge in [0, 0.05) is 35.8 Å². The monoisotopic (exact) mass is 290 g/mol. The van der Waals surface area contributed by atoms with Crippen molar-refractivity contribution < 1.29 is 13.2 Å². The summed E-state index contributed by atoms with van der Waals surface area (Å²) in [5.41, 5.74) is 7.03. The van der Waals surface area contributed by atoms with E-state index in [0.29, 0.717) is 23.0 Å². The maximum absolute atomic E-state index is 13.9. The van der Waals surface area contributed by atoms with Crippen LogP contribution < -0.4 is 5.73 Å².